The van der Waals surface area contributed by atoms with Gasteiger partial charge in [-0.25, -0.2) is 0 Å². The molecule has 7 heteroatoms. The van der Waals surface area contributed by atoms with Crippen molar-refractivity contribution in [1.82, 2.24) is 4.98 Å². The molecule has 150 valence electrons. The Morgan fingerprint density at radius 1 is 0.862 bits per heavy atom. The number of methoxy groups -OCH3 is 3. The molecular formula is C22H23N3O4. The summed E-state index contributed by atoms with van der Waals surface area (Å²) in [6, 6.07) is 14.5. The van der Waals surface area contributed by atoms with Gasteiger partial charge in [-0.05, 0) is 48.9 Å². The maximum absolute atomic E-state index is 12.7. The molecule has 0 fully saturated rings. The zero-order valence-electron chi connectivity index (χ0n) is 16.8. The van der Waals surface area contributed by atoms with Crippen LogP contribution in [0, 0.1) is 6.92 Å². The Balaban J connectivity index is 1.81. The maximum Gasteiger partial charge on any atom is 0.274 e. The molecule has 1 aromatic heterocycles. The Kier molecular flexibility index (Phi) is 6.19. The number of rotatable bonds is 7. The van der Waals surface area contributed by atoms with E-state index in [0.717, 1.165) is 11.3 Å². The van der Waals surface area contributed by atoms with E-state index in [1.807, 2.05) is 37.3 Å². The van der Waals surface area contributed by atoms with Crippen molar-refractivity contribution in [2.75, 3.05) is 32.0 Å². The second-order valence-electron chi connectivity index (χ2n) is 6.28. The molecular weight excluding hydrogens is 370 g/mol. The molecule has 1 amide bonds. The van der Waals surface area contributed by atoms with Crippen LogP contribution in [0.15, 0.2) is 54.7 Å². The number of carbonyl (C=O) groups excluding carboxylic acids is 1. The average Bonchev–Trinajstić information content (AvgIpc) is 2.74. The number of anilines is 3. The van der Waals surface area contributed by atoms with Crippen LogP contribution in [-0.2, 0) is 0 Å². The summed E-state index contributed by atoms with van der Waals surface area (Å²) in [5.41, 5.74) is 3.31. The third-order valence-corrected chi connectivity index (χ3v) is 4.28. The van der Waals surface area contributed by atoms with Gasteiger partial charge in [-0.15, -0.1) is 0 Å². The second-order valence-corrected chi connectivity index (χ2v) is 6.28. The van der Waals surface area contributed by atoms with Gasteiger partial charge in [0.1, 0.15) is 22.9 Å². The maximum atomic E-state index is 12.7. The predicted molar refractivity (Wildman–Crippen MR) is 113 cm³/mol. The van der Waals surface area contributed by atoms with E-state index in [4.69, 9.17) is 14.2 Å². The lowest BCUT2D eigenvalue weighted by Gasteiger charge is -2.13. The van der Waals surface area contributed by atoms with Crippen molar-refractivity contribution in [3.05, 3.63) is 66.0 Å². The SMILES string of the molecule is COc1ccc(Nc2ccnc(C(=O)Nc3cc(C)ccc3OC)c2)c(OC)c1. The van der Waals surface area contributed by atoms with Crippen LogP contribution < -0.4 is 24.8 Å². The zero-order valence-corrected chi connectivity index (χ0v) is 16.8. The van der Waals surface area contributed by atoms with Crippen molar-refractivity contribution in [2.45, 2.75) is 6.92 Å². The molecule has 0 atom stereocenters. The first-order chi connectivity index (χ1) is 14.0. The molecule has 0 aliphatic rings. The van der Waals surface area contributed by atoms with E-state index in [0.29, 0.717) is 28.6 Å². The van der Waals surface area contributed by atoms with Crippen LogP contribution >= 0.6 is 0 Å². The number of aryl methyl sites for hydroxylation is 1. The smallest absolute Gasteiger partial charge is 0.274 e. The standard InChI is InChI=1S/C22H23N3O4/c1-14-5-8-20(28-3)18(11-14)25-22(26)19-12-15(9-10-23-19)24-17-7-6-16(27-2)13-21(17)29-4/h5-13H,1-4H3,(H,23,24)(H,25,26). The number of hydrogen-bond acceptors (Lipinski definition) is 6. The number of benzene rings is 2. The number of nitrogens with zero attached hydrogens (tertiary/aromatic N) is 1. The summed E-state index contributed by atoms with van der Waals surface area (Å²) in [4.78, 5) is 16.9. The molecule has 29 heavy (non-hydrogen) atoms. The molecule has 7 nitrogen and oxygen atoms in total. The van der Waals surface area contributed by atoms with Gasteiger partial charge in [0, 0.05) is 18.0 Å². The van der Waals surface area contributed by atoms with Crippen molar-refractivity contribution in [2.24, 2.45) is 0 Å². The van der Waals surface area contributed by atoms with Crippen molar-refractivity contribution in [3.63, 3.8) is 0 Å². The molecule has 2 aromatic carbocycles. The van der Waals surface area contributed by atoms with E-state index in [9.17, 15) is 4.79 Å². The van der Waals surface area contributed by atoms with Crippen LogP contribution in [0.2, 0.25) is 0 Å². The van der Waals surface area contributed by atoms with Gasteiger partial charge in [-0.1, -0.05) is 6.07 Å². The highest BCUT2D eigenvalue weighted by Gasteiger charge is 2.13. The monoisotopic (exact) mass is 393 g/mol. The lowest BCUT2D eigenvalue weighted by molar-refractivity contribution is 0.102. The molecule has 0 aliphatic heterocycles. The third kappa shape index (κ3) is 4.76. The van der Waals surface area contributed by atoms with Gasteiger partial charge in [0.25, 0.3) is 5.91 Å². The number of nitrogens with one attached hydrogen (secondary N) is 2. The molecule has 3 rings (SSSR count). The molecule has 0 bridgehead atoms. The van der Waals surface area contributed by atoms with E-state index in [2.05, 4.69) is 15.6 Å². The number of hydrogen-bond donors (Lipinski definition) is 2. The van der Waals surface area contributed by atoms with Gasteiger partial charge >= 0.3 is 0 Å². The van der Waals surface area contributed by atoms with Crippen molar-refractivity contribution in [3.8, 4) is 17.2 Å². The zero-order chi connectivity index (χ0) is 20.8. The fraction of sp³-hybridized carbons (Fsp3) is 0.182. The minimum absolute atomic E-state index is 0.269. The average molecular weight is 393 g/mol. The minimum Gasteiger partial charge on any atom is -0.497 e. The van der Waals surface area contributed by atoms with Gasteiger partial charge < -0.3 is 24.8 Å². The van der Waals surface area contributed by atoms with E-state index in [1.165, 1.54) is 0 Å². The van der Waals surface area contributed by atoms with E-state index in [1.54, 1.807) is 45.7 Å². The summed E-state index contributed by atoms with van der Waals surface area (Å²) in [6.45, 7) is 1.94. The fourth-order valence-corrected chi connectivity index (χ4v) is 2.80. The minimum atomic E-state index is -0.334. The van der Waals surface area contributed by atoms with E-state index in [-0.39, 0.29) is 11.6 Å². The van der Waals surface area contributed by atoms with Crippen LogP contribution in [-0.4, -0.2) is 32.2 Å². The van der Waals surface area contributed by atoms with Crippen LogP contribution in [0.4, 0.5) is 17.1 Å². The molecule has 2 N–H and O–H groups in total. The summed E-state index contributed by atoms with van der Waals surface area (Å²) in [5, 5.41) is 6.09. The molecule has 0 aliphatic carbocycles. The van der Waals surface area contributed by atoms with Crippen LogP contribution in [0.1, 0.15) is 16.1 Å². The highest BCUT2D eigenvalue weighted by molar-refractivity contribution is 6.04. The fourth-order valence-electron chi connectivity index (χ4n) is 2.80. The van der Waals surface area contributed by atoms with Crippen molar-refractivity contribution < 1.29 is 19.0 Å². The number of ether oxygens (including phenoxy) is 3. The highest BCUT2D eigenvalue weighted by Crippen LogP contribution is 2.31. The Labute approximate surface area is 169 Å². The summed E-state index contributed by atoms with van der Waals surface area (Å²) in [7, 11) is 4.74. The van der Waals surface area contributed by atoms with Crippen molar-refractivity contribution in [1.29, 1.82) is 0 Å². The van der Waals surface area contributed by atoms with Crippen LogP contribution in [0.25, 0.3) is 0 Å². The first-order valence-electron chi connectivity index (χ1n) is 8.95. The van der Waals surface area contributed by atoms with Crippen LogP contribution in [0.3, 0.4) is 0 Å². The third-order valence-electron chi connectivity index (χ3n) is 4.28. The Hall–Kier alpha value is -3.74. The van der Waals surface area contributed by atoms with E-state index >= 15 is 0 Å². The van der Waals surface area contributed by atoms with Gasteiger partial charge in [-0.2, -0.15) is 0 Å². The summed E-state index contributed by atoms with van der Waals surface area (Å²) < 4.78 is 15.9. The normalized spacial score (nSPS) is 10.2. The van der Waals surface area contributed by atoms with Gasteiger partial charge in [0.15, 0.2) is 0 Å². The molecule has 0 spiro atoms. The lowest BCUT2D eigenvalue weighted by atomic mass is 10.2. The largest absolute Gasteiger partial charge is 0.497 e. The van der Waals surface area contributed by atoms with Crippen molar-refractivity contribution >= 4 is 23.0 Å². The van der Waals surface area contributed by atoms with Gasteiger partial charge in [0.2, 0.25) is 0 Å². The summed E-state index contributed by atoms with van der Waals surface area (Å²) in [6.07, 6.45) is 1.57. The van der Waals surface area contributed by atoms with Gasteiger partial charge in [-0.3, -0.25) is 9.78 Å². The Morgan fingerprint density at radius 3 is 2.38 bits per heavy atom. The molecule has 0 unspecified atom stereocenters. The molecule has 3 aromatic rings. The highest BCUT2D eigenvalue weighted by atomic mass is 16.5. The lowest BCUT2D eigenvalue weighted by Crippen LogP contribution is -2.14. The van der Waals surface area contributed by atoms with Gasteiger partial charge in [0.05, 0.1) is 32.7 Å². The Bertz CT molecular complexity index is 1020. The summed E-state index contributed by atoms with van der Waals surface area (Å²) in [5.74, 6) is 1.56. The number of amides is 1. The Morgan fingerprint density at radius 2 is 1.66 bits per heavy atom. The molecule has 1 heterocycles. The predicted octanol–water partition coefficient (Wildman–Crippen LogP) is 4.41. The molecule has 0 saturated carbocycles. The molecule has 0 saturated heterocycles. The topological polar surface area (TPSA) is 81.7 Å². The summed E-state index contributed by atoms with van der Waals surface area (Å²) >= 11 is 0. The number of aromatic nitrogens is 1. The molecule has 0 radical (unpaired) electrons. The first kappa shape index (κ1) is 20.0. The van der Waals surface area contributed by atoms with Crippen LogP contribution in [0.5, 0.6) is 17.2 Å². The van der Waals surface area contributed by atoms with E-state index < -0.39 is 0 Å². The second kappa shape index (κ2) is 8.97. The number of carbonyl (C=O) groups is 1. The number of pyridine rings is 1. The quantitative estimate of drug-likeness (QED) is 0.619. The first-order valence-corrected chi connectivity index (χ1v) is 8.95.